The van der Waals surface area contributed by atoms with Gasteiger partial charge in [0.15, 0.2) is 0 Å². The standard InChI is InChI=1S/C31H36N4O4S/c1-19(2)13-25-18-39-28-17-27(29-20(3)9-8-10-21(29)4)33-31(34-28)35-40(37,38)26-15-23(22-11-6-5-7-12-22)14-24(16-26)30(36)32-25/h8-11,14-17,19,25H,5-7,12-13,18H2,1-4H3,(H,32,36)(H,33,34,35)/t25-/m1/s1. The molecule has 0 radical (unpaired) electrons. The first-order valence-electron chi connectivity index (χ1n) is 13.9. The second-order valence-corrected chi connectivity index (χ2v) is 12.8. The van der Waals surface area contributed by atoms with Gasteiger partial charge < -0.3 is 10.1 Å². The molecular weight excluding hydrogens is 524 g/mol. The van der Waals surface area contributed by atoms with E-state index < -0.39 is 10.0 Å². The zero-order valence-electron chi connectivity index (χ0n) is 23.5. The SMILES string of the molecule is Cc1cccc(C)c1-c1cc2nc(n1)NS(=O)(=O)c1cc(cc(C3=CCCCC3)c1)C(=O)N[C@H](CC(C)C)CO2. The topological polar surface area (TPSA) is 110 Å². The van der Waals surface area contributed by atoms with Gasteiger partial charge in [-0.2, -0.15) is 4.98 Å². The van der Waals surface area contributed by atoms with Crippen LogP contribution in [0.2, 0.25) is 0 Å². The number of fused-ring (bicyclic) bond motifs is 4. The van der Waals surface area contributed by atoms with E-state index >= 15 is 0 Å². The van der Waals surface area contributed by atoms with Crippen LogP contribution in [-0.4, -0.2) is 36.9 Å². The summed E-state index contributed by atoms with van der Waals surface area (Å²) < 4.78 is 36.1. The molecular formula is C31H36N4O4S. The van der Waals surface area contributed by atoms with Gasteiger partial charge in [-0.25, -0.2) is 18.1 Å². The van der Waals surface area contributed by atoms with Crippen molar-refractivity contribution < 1.29 is 17.9 Å². The number of benzene rings is 2. The lowest BCUT2D eigenvalue weighted by molar-refractivity contribution is 0.0913. The van der Waals surface area contributed by atoms with Gasteiger partial charge in [0, 0.05) is 17.2 Å². The summed E-state index contributed by atoms with van der Waals surface area (Å²) >= 11 is 0. The van der Waals surface area contributed by atoms with Gasteiger partial charge in [-0.05, 0) is 92.3 Å². The highest BCUT2D eigenvalue weighted by Gasteiger charge is 2.25. The average molecular weight is 561 g/mol. The number of aromatic nitrogens is 2. The molecule has 3 aromatic rings. The van der Waals surface area contributed by atoms with Gasteiger partial charge in [-0.1, -0.05) is 38.1 Å². The van der Waals surface area contributed by atoms with Gasteiger partial charge >= 0.3 is 0 Å². The maximum absolute atomic E-state index is 13.7. The van der Waals surface area contributed by atoms with E-state index in [0.29, 0.717) is 23.6 Å². The summed E-state index contributed by atoms with van der Waals surface area (Å²) in [5.41, 5.74) is 5.53. The fraction of sp³-hybridized carbons (Fsp3) is 0.387. The molecule has 1 atom stereocenters. The third-order valence-electron chi connectivity index (χ3n) is 7.33. The van der Waals surface area contributed by atoms with E-state index in [4.69, 9.17) is 4.74 Å². The molecule has 40 heavy (non-hydrogen) atoms. The van der Waals surface area contributed by atoms with Crippen LogP contribution >= 0.6 is 0 Å². The van der Waals surface area contributed by atoms with Crippen molar-refractivity contribution in [2.75, 3.05) is 11.3 Å². The van der Waals surface area contributed by atoms with Crippen molar-refractivity contribution in [2.24, 2.45) is 5.92 Å². The first-order chi connectivity index (χ1) is 19.1. The van der Waals surface area contributed by atoms with E-state index in [1.54, 1.807) is 18.2 Å². The van der Waals surface area contributed by atoms with E-state index in [1.807, 2.05) is 32.0 Å². The Labute approximate surface area is 236 Å². The molecule has 0 saturated carbocycles. The van der Waals surface area contributed by atoms with Crippen LogP contribution in [0.4, 0.5) is 5.95 Å². The highest BCUT2D eigenvalue weighted by molar-refractivity contribution is 7.92. The summed E-state index contributed by atoms with van der Waals surface area (Å²) in [4.78, 5) is 22.5. The Kier molecular flexibility index (Phi) is 7.94. The largest absolute Gasteiger partial charge is 0.475 e. The van der Waals surface area contributed by atoms with Crippen molar-refractivity contribution in [3.8, 4) is 17.1 Å². The van der Waals surface area contributed by atoms with Crippen LogP contribution in [0.5, 0.6) is 5.88 Å². The first-order valence-corrected chi connectivity index (χ1v) is 15.3. The number of hydrogen-bond donors (Lipinski definition) is 2. The van der Waals surface area contributed by atoms with Crippen LogP contribution in [-0.2, 0) is 10.0 Å². The number of amides is 1. The number of nitrogens with one attached hydrogen (secondary N) is 2. The molecule has 0 fully saturated rings. The van der Waals surface area contributed by atoms with Crippen molar-refractivity contribution in [3.63, 3.8) is 0 Å². The molecule has 2 aromatic carbocycles. The van der Waals surface area contributed by atoms with Crippen molar-refractivity contribution in [2.45, 2.75) is 70.7 Å². The lowest BCUT2D eigenvalue weighted by Gasteiger charge is -2.21. The minimum Gasteiger partial charge on any atom is -0.475 e. The van der Waals surface area contributed by atoms with Crippen LogP contribution in [0.3, 0.4) is 0 Å². The molecule has 0 saturated heterocycles. The smallest absolute Gasteiger partial charge is 0.264 e. The van der Waals surface area contributed by atoms with Crippen molar-refractivity contribution in [1.29, 1.82) is 0 Å². The molecule has 1 aliphatic heterocycles. The Bertz CT molecular complexity index is 1560. The third-order valence-corrected chi connectivity index (χ3v) is 8.64. The molecule has 1 aliphatic carbocycles. The number of anilines is 1. The third kappa shape index (κ3) is 6.20. The van der Waals surface area contributed by atoms with Gasteiger partial charge in [0.1, 0.15) is 6.61 Å². The fourth-order valence-electron chi connectivity index (χ4n) is 5.43. The molecule has 2 heterocycles. The second kappa shape index (κ2) is 11.4. The van der Waals surface area contributed by atoms with Crippen LogP contribution in [0.25, 0.3) is 16.8 Å². The van der Waals surface area contributed by atoms with Crippen LogP contribution < -0.4 is 14.8 Å². The van der Waals surface area contributed by atoms with Gasteiger partial charge in [0.2, 0.25) is 11.8 Å². The predicted octanol–water partition coefficient (Wildman–Crippen LogP) is 6.06. The summed E-state index contributed by atoms with van der Waals surface area (Å²) in [6, 6.07) is 12.2. The molecule has 1 amide bonds. The zero-order valence-corrected chi connectivity index (χ0v) is 24.3. The number of allylic oxidation sites excluding steroid dienone is 2. The van der Waals surface area contributed by atoms with Gasteiger partial charge in [-0.15, -0.1) is 0 Å². The minimum atomic E-state index is -4.13. The molecule has 5 rings (SSSR count). The lowest BCUT2D eigenvalue weighted by Crippen LogP contribution is -2.40. The van der Waals surface area contributed by atoms with Crippen molar-refractivity contribution in [1.82, 2.24) is 15.3 Å². The molecule has 2 aliphatic rings. The zero-order chi connectivity index (χ0) is 28.4. The van der Waals surface area contributed by atoms with Gasteiger partial charge in [0.05, 0.1) is 16.6 Å². The average Bonchev–Trinajstić information content (AvgIpc) is 2.91. The van der Waals surface area contributed by atoms with E-state index in [0.717, 1.165) is 53.5 Å². The number of rotatable bonds is 4. The Balaban J connectivity index is 1.66. The molecule has 210 valence electrons. The molecule has 0 spiro atoms. The maximum atomic E-state index is 13.7. The van der Waals surface area contributed by atoms with Crippen LogP contribution in [0, 0.1) is 19.8 Å². The minimum absolute atomic E-state index is 0.00942. The Hall–Kier alpha value is -3.72. The van der Waals surface area contributed by atoms with E-state index in [2.05, 4.69) is 39.9 Å². The number of aryl methyl sites for hydroxylation is 2. The number of hydrogen-bond acceptors (Lipinski definition) is 6. The fourth-order valence-corrected chi connectivity index (χ4v) is 6.45. The molecule has 4 bridgehead atoms. The molecule has 8 nitrogen and oxygen atoms in total. The number of nitrogens with zero attached hydrogens (tertiary/aromatic N) is 2. The summed E-state index contributed by atoms with van der Waals surface area (Å²) in [7, 11) is -4.13. The normalized spacial score (nSPS) is 18.8. The molecule has 9 heteroatoms. The van der Waals surface area contributed by atoms with Gasteiger partial charge in [-0.3, -0.25) is 4.79 Å². The number of carbonyl (C=O) groups is 1. The highest BCUT2D eigenvalue weighted by atomic mass is 32.2. The quantitative estimate of drug-likeness (QED) is 0.402. The van der Waals surface area contributed by atoms with E-state index in [9.17, 15) is 13.2 Å². The predicted molar refractivity (Wildman–Crippen MR) is 157 cm³/mol. The van der Waals surface area contributed by atoms with Crippen LogP contribution in [0.1, 0.15) is 73.0 Å². The summed E-state index contributed by atoms with van der Waals surface area (Å²) in [6.07, 6.45) is 6.72. The molecule has 1 aromatic heterocycles. The van der Waals surface area contributed by atoms with Gasteiger partial charge in [0.25, 0.3) is 15.9 Å². The molecule has 0 unspecified atom stereocenters. The van der Waals surface area contributed by atoms with Crippen molar-refractivity contribution >= 4 is 27.5 Å². The number of ether oxygens (including phenoxy) is 1. The Morgan fingerprint density at radius 1 is 1.02 bits per heavy atom. The summed E-state index contributed by atoms with van der Waals surface area (Å²) in [6.45, 7) is 8.31. The monoisotopic (exact) mass is 560 g/mol. The highest BCUT2D eigenvalue weighted by Crippen LogP contribution is 2.32. The first kappa shape index (κ1) is 27.8. The Morgan fingerprint density at radius 2 is 1.77 bits per heavy atom. The maximum Gasteiger partial charge on any atom is 0.264 e. The summed E-state index contributed by atoms with van der Waals surface area (Å²) in [5, 5.41) is 3.08. The van der Waals surface area contributed by atoms with Crippen LogP contribution in [0.15, 0.2) is 53.4 Å². The number of sulfonamides is 1. The summed E-state index contributed by atoms with van der Waals surface area (Å²) in [5.74, 6) is 0.106. The molecule has 2 N–H and O–H groups in total. The second-order valence-electron chi connectivity index (χ2n) is 11.1. The van der Waals surface area contributed by atoms with Crippen molar-refractivity contribution in [3.05, 3.63) is 70.8 Å². The van der Waals surface area contributed by atoms with E-state index in [-0.39, 0.29) is 35.3 Å². The number of carbonyl (C=O) groups excluding carboxylic acids is 1. The Morgan fingerprint density at radius 3 is 2.48 bits per heavy atom. The lowest BCUT2D eigenvalue weighted by atomic mass is 9.92. The van der Waals surface area contributed by atoms with E-state index in [1.165, 1.54) is 6.07 Å².